The van der Waals surface area contributed by atoms with Crippen molar-refractivity contribution in [3.05, 3.63) is 40.5 Å². The van der Waals surface area contributed by atoms with E-state index >= 15 is 0 Å². The van der Waals surface area contributed by atoms with Gasteiger partial charge >= 0.3 is 0 Å². The molecule has 2 rings (SSSR count). The predicted octanol–water partition coefficient (Wildman–Crippen LogP) is 2.22. The molecule has 0 aliphatic carbocycles. The molecule has 3 nitrogen and oxygen atoms in total. The number of carbonyl (C=O) groups is 1. The number of hydrogen-bond acceptors (Lipinski definition) is 2. The van der Waals surface area contributed by atoms with Gasteiger partial charge in [-0.15, -0.1) is 0 Å². The van der Waals surface area contributed by atoms with Gasteiger partial charge in [0, 0.05) is 10.4 Å². The molecule has 82 valence electrons. The molecular formula is C12H11ClN2O. The van der Waals surface area contributed by atoms with E-state index in [1.807, 2.05) is 25.1 Å². The fraction of sp³-hybridized carbons (Fsp3) is 0.167. The van der Waals surface area contributed by atoms with Gasteiger partial charge in [-0.25, -0.2) is 0 Å². The van der Waals surface area contributed by atoms with Crippen LogP contribution in [0.25, 0.3) is 10.9 Å². The van der Waals surface area contributed by atoms with E-state index < -0.39 is 0 Å². The maximum absolute atomic E-state index is 10.8. The van der Waals surface area contributed by atoms with Crippen molar-refractivity contribution < 1.29 is 4.79 Å². The first-order valence-corrected chi connectivity index (χ1v) is 5.28. The van der Waals surface area contributed by atoms with Crippen molar-refractivity contribution in [3.63, 3.8) is 0 Å². The molecule has 1 heterocycles. The number of benzene rings is 1. The zero-order valence-corrected chi connectivity index (χ0v) is 9.58. The smallest absolute Gasteiger partial charge is 0.223 e. The number of nitrogens with zero attached hydrogens (tertiary/aromatic N) is 1. The summed E-state index contributed by atoms with van der Waals surface area (Å²) in [5.41, 5.74) is 7.69. The second-order valence-electron chi connectivity index (χ2n) is 3.74. The van der Waals surface area contributed by atoms with Crippen molar-refractivity contribution in [1.82, 2.24) is 4.98 Å². The molecule has 0 spiro atoms. The average molecular weight is 235 g/mol. The Labute approximate surface area is 98.2 Å². The van der Waals surface area contributed by atoms with Gasteiger partial charge in [-0.05, 0) is 30.7 Å². The summed E-state index contributed by atoms with van der Waals surface area (Å²) in [6.45, 7) is 1.97. The molecule has 0 atom stereocenters. The van der Waals surface area contributed by atoms with E-state index in [2.05, 4.69) is 4.98 Å². The van der Waals surface area contributed by atoms with Crippen LogP contribution in [0.4, 0.5) is 0 Å². The van der Waals surface area contributed by atoms with E-state index in [-0.39, 0.29) is 12.3 Å². The lowest BCUT2D eigenvalue weighted by molar-refractivity contribution is -0.117. The normalized spacial score (nSPS) is 10.6. The Morgan fingerprint density at radius 1 is 1.44 bits per heavy atom. The molecule has 1 aromatic carbocycles. The summed E-state index contributed by atoms with van der Waals surface area (Å²) in [6.07, 6.45) is 0.156. The van der Waals surface area contributed by atoms with Crippen LogP contribution >= 0.6 is 11.6 Å². The van der Waals surface area contributed by atoms with Crippen LogP contribution in [-0.4, -0.2) is 10.9 Å². The molecule has 1 aromatic heterocycles. The van der Waals surface area contributed by atoms with Gasteiger partial charge in [-0.3, -0.25) is 9.78 Å². The van der Waals surface area contributed by atoms with Crippen LogP contribution in [0.2, 0.25) is 5.02 Å². The number of aryl methyl sites for hydroxylation is 1. The summed E-state index contributed by atoms with van der Waals surface area (Å²) in [6, 6.07) is 7.41. The van der Waals surface area contributed by atoms with E-state index in [4.69, 9.17) is 17.3 Å². The minimum absolute atomic E-state index is 0.156. The minimum atomic E-state index is -0.381. The molecule has 0 saturated heterocycles. The summed E-state index contributed by atoms with van der Waals surface area (Å²) in [5.74, 6) is -0.381. The van der Waals surface area contributed by atoms with Crippen molar-refractivity contribution in [2.75, 3.05) is 0 Å². The molecule has 4 heteroatoms. The summed E-state index contributed by atoms with van der Waals surface area (Å²) in [4.78, 5) is 15.2. The molecule has 0 aliphatic rings. The van der Waals surface area contributed by atoms with E-state index in [1.165, 1.54) is 0 Å². The van der Waals surface area contributed by atoms with Crippen LogP contribution < -0.4 is 5.73 Å². The summed E-state index contributed by atoms with van der Waals surface area (Å²) in [7, 11) is 0. The van der Waals surface area contributed by atoms with Crippen LogP contribution in [-0.2, 0) is 11.2 Å². The Bertz CT molecular complexity index is 566. The number of carbonyl (C=O) groups excluding carboxylic acids is 1. The van der Waals surface area contributed by atoms with Crippen LogP contribution in [0.1, 0.15) is 11.3 Å². The highest BCUT2D eigenvalue weighted by Crippen LogP contribution is 2.21. The van der Waals surface area contributed by atoms with Gasteiger partial charge in [-0.2, -0.15) is 0 Å². The SMILES string of the molecule is Cc1cc(CC(N)=O)nc2cc(Cl)ccc12. The fourth-order valence-electron chi connectivity index (χ4n) is 1.71. The minimum Gasteiger partial charge on any atom is -0.369 e. The topological polar surface area (TPSA) is 56.0 Å². The first-order valence-electron chi connectivity index (χ1n) is 4.90. The zero-order chi connectivity index (χ0) is 11.7. The molecule has 1 amide bonds. The van der Waals surface area contributed by atoms with Crippen molar-refractivity contribution in [2.45, 2.75) is 13.3 Å². The number of halogens is 1. The van der Waals surface area contributed by atoms with Gasteiger partial charge in [0.05, 0.1) is 17.6 Å². The Balaban J connectivity index is 2.60. The molecule has 0 aliphatic heterocycles. The van der Waals surface area contributed by atoms with Gasteiger partial charge in [0.15, 0.2) is 0 Å². The Kier molecular flexibility index (Phi) is 2.79. The number of nitrogens with two attached hydrogens (primary N) is 1. The lowest BCUT2D eigenvalue weighted by atomic mass is 10.1. The summed E-state index contributed by atoms with van der Waals surface area (Å²) in [5, 5.41) is 1.67. The second-order valence-corrected chi connectivity index (χ2v) is 4.17. The van der Waals surface area contributed by atoms with E-state index in [0.29, 0.717) is 10.7 Å². The molecule has 0 bridgehead atoms. The van der Waals surface area contributed by atoms with Crippen molar-refractivity contribution >= 4 is 28.4 Å². The van der Waals surface area contributed by atoms with Gasteiger partial charge in [0.1, 0.15) is 0 Å². The van der Waals surface area contributed by atoms with E-state index in [9.17, 15) is 4.79 Å². The Hall–Kier alpha value is -1.61. The van der Waals surface area contributed by atoms with Crippen molar-refractivity contribution in [2.24, 2.45) is 5.73 Å². The quantitative estimate of drug-likeness (QED) is 0.866. The standard InChI is InChI=1S/C12H11ClN2O/c1-7-4-9(6-12(14)16)15-11-5-8(13)2-3-10(7)11/h2-5H,6H2,1H3,(H2,14,16). The lowest BCUT2D eigenvalue weighted by Gasteiger charge is -2.05. The maximum atomic E-state index is 10.8. The van der Waals surface area contributed by atoms with Crippen LogP contribution in [0.3, 0.4) is 0 Å². The first kappa shape index (κ1) is 10.9. The monoisotopic (exact) mass is 234 g/mol. The van der Waals surface area contributed by atoms with Crippen LogP contribution in [0.5, 0.6) is 0 Å². The predicted molar refractivity (Wildman–Crippen MR) is 64.4 cm³/mol. The molecular weight excluding hydrogens is 224 g/mol. The lowest BCUT2D eigenvalue weighted by Crippen LogP contribution is -2.14. The van der Waals surface area contributed by atoms with Crippen LogP contribution in [0, 0.1) is 6.92 Å². The van der Waals surface area contributed by atoms with Gasteiger partial charge in [0.25, 0.3) is 0 Å². The number of amides is 1. The van der Waals surface area contributed by atoms with E-state index in [1.54, 1.807) is 6.07 Å². The summed E-state index contributed by atoms with van der Waals surface area (Å²) >= 11 is 5.90. The fourth-order valence-corrected chi connectivity index (χ4v) is 1.88. The molecule has 0 fully saturated rings. The van der Waals surface area contributed by atoms with Crippen LogP contribution in [0.15, 0.2) is 24.3 Å². The Morgan fingerprint density at radius 2 is 2.19 bits per heavy atom. The summed E-state index contributed by atoms with van der Waals surface area (Å²) < 4.78 is 0. The number of primary amides is 1. The van der Waals surface area contributed by atoms with Crippen molar-refractivity contribution in [1.29, 1.82) is 0 Å². The number of hydrogen-bond donors (Lipinski definition) is 1. The Morgan fingerprint density at radius 3 is 2.88 bits per heavy atom. The molecule has 2 aromatic rings. The largest absolute Gasteiger partial charge is 0.369 e. The zero-order valence-electron chi connectivity index (χ0n) is 8.83. The first-order chi connectivity index (χ1) is 7.56. The third-order valence-electron chi connectivity index (χ3n) is 2.39. The maximum Gasteiger partial charge on any atom is 0.223 e. The molecule has 0 radical (unpaired) electrons. The second kappa shape index (κ2) is 4.10. The van der Waals surface area contributed by atoms with Gasteiger partial charge in [-0.1, -0.05) is 17.7 Å². The highest BCUT2D eigenvalue weighted by Gasteiger charge is 2.05. The molecule has 0 saturated carbocycles. The highest BCUT2D eigenvalue weighted by molar-refractivity contribution is 6.31. The number of aromatic nitrogens is 1. The third kappa shape index (κ3) is 2.14. The number of fused-ring (bicyclic) bond motifs is 1. The molecule has 16 heavy (non-hydrogen) atoms. The van der Waals surface area contributed by atoms with Gasteiger partial charge in [0.2, 0.25) is 5.91 Å². The van der Waals surface area contributed by atoms with E-state index in [0.717, 1.165) is 16.5 Å². The van der Waals surface area contributed by atoms with Crippen molar-refractivity contribution in [3.8, 4) is 0 Å². The third-order valence-corrected chi connectivity index (χ3v) is 2.62. The molecule has 0 unspecified atom stereocenters. The highest BCUT2D eigenvalue weighted by atomic mass is 35.5. The average Bonchev–Trinajstić information content (AvgIpc) is 2.15. The number of pyridine rings is 1. The molecule has 2 N–H and O–H groups in total. The van der Waals surface area contributed by atoms with Gasteiger partial charge < -0.3 is 5.73 Å². The number of rotatable bonds is 2.